The largest absolute Gasteiger partial charge is 0.373 e. The predicted molar refractivity (Wildman–Crippen MR) is 78.7 cm³/mol. The van der Waals surface area contributed by atoms with Crippen LogP contribution in [0.3, 0.4) is 0 Å². The number of hydrogen-bond acceptors (Lipinski definition) is 3. The van der Waals surface area contributed by atoms with Gasteiger partial charge in [-0.1, -0.05) is 6.07 Å². The van der Waals surface area contributed by atoms with Crippen LogP contribution in [-0.4, -0.2) is 28.8 Å². The van der Waals surface area contributed by atoms with Crippen LogP contribution in [0.25, 0.3) is 0 Å². The van der Waals surface area contributed by atoms with Crippen molar-refractivity contribution in [2.24, 2.45) is 13.0 Å². The van der Waals surface area contributed by atoms with E-state index in [1.165, 1.54) is 12.1 Å². The van der Waals surface area contributed by atoms with Gasteiger partial charge in [-0.3, -0.25) is 9.48 Å². The van der Waals surface area contributed by atoms with E-state index in [2.05, 4.69) is 10.4 Å². The number of hydrogen-bond donors (Lipinski definition) is 1. The first kappa shape index (κ1) is 15.6. The lowest BCUT2D eigenvalue weighted by molar-refractivity contribution is 0.0843. The molecule has 0 radical (unpaired) electrons. The number of carbonyl (C=O) groups excluding carboxylic acids is 1. The molecule has 122 valence electrons. The summed E-state index contributed by atoms with van der Waals surface area (Å²) in [5.41, 5.74) is 0.656. The summed E-state index contributed by atoms with van der Waals surface area (Å²) in [6.07, 6.45) is 4.24. The molecule has 0 saturated carbocycles. The first-order chi connectivity index (χ1) is 11.1. The van der Waals surface area contributed by atoms with Gasteiger partial charge in [0.25, 0.3) is 5.91 Å². The molecule has 2 atom stereocenters. The normalized spacial score (nSPS) is 20.7. The standard InChI is InChI=1S/C16H17F2N3O2/c1-21-9-11(8-20-21)15-10(5-6-23-15)7-19-16(22)12-3-2-4-13(17)14(12)18/h2-4,8-10,15H,5-7H2,1H3,(H,19,22)/t10-,15+/m0/s1. The van der Waals surface area contributed by atoms with Crippen molar-refractivity contribution >= 4 is 5.91 Å². The third-order valence-corrected chi connectivity index (χ3v) is 3.99. The zero-order valence-corrected chi connectivity index (χ0v) is 12.6. The second-order valence-electron chi connectivity index (χ2n) is 5.60. The van der Waals surface area contributed by atoms with Crippen LogP contribution in [0, 0.1) is 17.6 Å². The highest BCUT2D eigenvalue weighted by molar-refractivity contribution is 5.94. The minimum Gasteiger partial charge on any atom is -0.373 e. The van der Waals surface area contributed by atoms with Gasteiger partial charge in [0, 0.05) is 37.9 Å². The number of nitrogens with zero attached hydrogens (tertiary/aromatic N) is 2. The van der Waals surface area contributed by atoms with Gasteiger partial charge in [-0.25, -0.2) is 8.78 Å². The first-order valence-corrected chi connectivity index (χ1v) is 7.38. The zero-order chi connectivity index (χ0) is 16.4. The highest BCUT2D eigenvalue weighted by atomic mass is 19.2. The SMILES string of the molecule is Cn1cc([C@@H]2OCC[C@H]2CNC(=O)c2cccc(F)c2F)cn1. The number of ether oxygens (including phenoxy) is 1. The molecule has 1 N–H and O–H groups in total. The average Bonchev–Trinajstić information content (AvgIpc) is 3.16. The summed E-state index contributed by atoms with van der Waals surface area (Å²) < 4.78 is 34.2. The molecule has 1 aliphatic heterocycles. The van der Waals surface area contributed by atoms with Gasteiger partial charge in [-0.2, -0.15) is 5.10 Å². The van der Waals surface area contributed by atoms with E-state index < -0.39 is 17.5 Å². The Hall–Kier alpha value is -2.28. The summed E-state index contributed by atoms with van der Waals surface area (Å²) in [4.78, 5) is 12.0. The molecular weight excluding hydrogens is 304 g/mol. The Morgan fingerprint density at radius 3 is 3.04 bits per heavy atom. The lowest BCUT2D eigenvalue weighted by atomic mass is 9.97. The van der Waals surface area contributed by atoms with Crippen molar-refractivity contribution in [2.75, 3.05) is 13.2 Å². The van der Waals surface area contributed by atoms with E-state index in [9.17, 15) is 13.6 Å². The topological polar surface area (TPSA) is 56.1 Å². The van der Waals surface area contributed by atoms with Crippen LogP contribution in [0.15, 0.2) is 30.6 Å². The van der Waals surface area contributed by atoms with Crippen LogP contribution in [0.4, 0.5) is 8.78 Å². The van der Waals surface area contributed by atoms with E-state index >= 15 is 0 Å². The number of amides is 1. The molecule has 1 fully saturated rings. The van der Waals surface area contributed by atoms with Gasteiger partial charge in [0.2, 0.25) is 0 Å². The van der Waals surface area contributed by atoms with Gasteiger partial charge in [-0.15, -0.1) is 0 Å². The molecule has 1 aliphatic rings. The number of halogens is 2. The highest BCUT2D eigenvalue weighted by Crippen LogP contribution is 2.33. The average molecular weight is 321 g/mol. The summed E-state index contributed by atoms with van der Waals surface area (Å²) >= 11 is 0. The predicted octanol–water partition coefficient (Wildman–Crippen LogP) is 2.21. The van der Waals surface area contributed by atoms with Crippen LogP contribution in [0.5, 0.6) is 0 Å². The van der Waals surface area contributed by atoms with Gasteiger partial charge in [0.1, 0.15) is 0 Å². The molecule has 7 heteroatoms. The molecule has 23 heavy (non-hydrogen) atoms. The van der Waals surface area contributed by atoms with Crippen LogP contribution < -0.4 is 5.32 Å². The summed E-state index contributed by atoms with van der Waals surface area (Å²) in [6, 6.07) is 3.55. The molecule has 1 saturated heterocycles. The lowest BCUT2D eigenvalue weighted by Gasteiger charge is -2.18. The summed E-state index contributed by atoms with van der Waals surface area (Å²) in [7, 11) is 1.82. The molecule has 0 unspecified atom stereocenters. The molecule has 2 heterocycles. The maximum absolute atomic E-state index is 13.6. The molecule has 5 nitrogen and oxygen atoms in total. The van der Waals surface area contributed by atoms with Crippen molar-refractivity contribution in [3.8, 4) is 0 Å². The third-order valence-electron chi connectivity index (χ3n) is 3.99. The van der Waals surface area contributed by atoms with Crippen molar-refractivity contribution < 1.29 is 18.3 Å². The fraction of sp³-hybridized carbons (Fsp3) is 0.375. The fourth-order valence-corrected chi connectivity index (χ4v) is 2.80. The Balaban J connectivity index is 1.65. The molecule has 3 rings (SSSR count). The first-order valence-electron chi connectivity index (χ1n) is 7.38. The smallest absolute Gasteiger partial charge is 0.254 e. The molecule has 0 bridgehead atoms. The van der Waals surface area contributed by atoms with E-state index in [-0.39, 0.29) is 17.6 Å². The van der Waals surface area contributed by atoms with Crippen LogP contribution in [0.2, 0.25) is 0 Å². The number of aromatic nitrogens is 2. The van der Waals surface area contributed by atoms with Crippen LogP contribution >= 0.6 is 0 Å². The molecule has 0 spiro atoms. The van der Waals surface area contributed by atoms with E-state index in [1.54, 1.807) is 10.9 Å². The van der Waals surface area contributed by atoms with Crippen molar-refractivity contribution in [1.82, 2.24) is 15.1 Å². The molecule has 0 aliphatic carbocycles. The number of carbonyl (C=O) groups is 1. The lowest BCUT2D eigenvalue weighted by Crippen LogP contribution is -2.31. The molecule has 2 aromatic rings. The number of nitrogens with one attached hydrogen (secondary N) is 1. The van der Waals surface area contributed by atoms with Gasteiger partial charge in [0.05, 0.1) is 17.9 Å². The zero-order valence-electron chi connectivity index (χ0n) is 12.6. The minimum absolute atomic E-state index is 0.0692. The quantitative estimate of drug-likeness (QED) is 0.939. The monoisotopic (exact) mass is 321 g/mol. The number of rotatable bonds is 4. The van der Waals surface area contributed by atoms with E-state index in [0.29, 0.717) is 13.2 Å². The molecule has 1 amide bonds. The van der Waals surface area contributed by atoms with Crippen molar-refractivity contribution in [2.45, 2.75) is 12.5 Å². The molecule has 1 aromatic carbocycles. The van der Waals surface area contributed by atoms with Gasteiger partial charge < -0.3 is 10.1 Å². The van der Waals surface area contributed by atoms with E-state index in [0.717, 1.165) is 18.1 Å². The summed E-state index contributed by atoms with van der Waals surface area (Å²) in [6.45, 7) is 0.919. The Morgan fingerprint density at radius 2 is 2.30 bits per heavy atom. The van der Waals surface area contributed by atoms with Crippen molar-refractivity contribution in [3.05, 3.63) is 53.4 Å². The summed E-state index contributed by atoms with van der Waals surface area (Å²) in [5, 5.41) is 6.78. The maximum atomic E-state index is 13.6. The number of aryl methyl sites for hydroxylation is 1. The second-order valence-corrected chi connectivity index (χ2v) is 5.60. The van der Waals surface area contributed by atoms with Gasteiger partial charge >= 0.3 is 0 Å². The Bertz CT molecular complexity index is 717. The minimum atomic E-state index is -1.13. The Labute approximate surface area is 132 Å². The Morgan fingerprint density at radius 1 is 1.48 bits per heavy atom. The van der Waals surface area contributed by atoms with Crippen molar-refractivity contribution in [1.29, 1.82) is 0 Å². The highest BCUT2D eigenvalue weighted by Gasteiger charge is 2.31. The van der Waals surface area contributed by atoms with Gasteiger partial charge in [-0.05, 0) is 18.6 Å². The number of benzene rings is 1. The second kappa shape index (κ2) is 6.45. The van der Waals surface area contributed by atoms with E-state index in [1.807, 2.05) is 13.2 Å². The fourth-order valence-electron chi connectivity index (χ4n) is 2.80. The van der Waals surface area contributed by atoms with Crippen LogP contribution in [0.1, 0.15) is 28.4 Å². The molecule has 1 aromatic heterocycles. The van der Waals surface area contributed by atoms with Crippen molar-refractivity contribution in [3.63, 3.8) is 0 Å². The molecular formula is C16H17F2N3O2. The van der Waals surface area contributed by atoms with Gasteiger partial charge in [0.15, 0.2) is 11.6 Å². The Kier molecular flexibility index (Phi) is 4.38. The van der Waals surface area contributed by atoms with Crippen LogP contribution in [-0.2, 0) is 11.8 Å². The summed E-state index contributed by atoms with van der Waals surface area (Å²) in [5.74, 6) is -2.72. The third kappa shape index (κ3) is 3.24. The maximum Gasteiger partial charge on any atom is 0.254 e. The van der Waals surface area contributed by atoms with E-state index in [4.69, 9.17) is 4.74 Å².